The SMILES string of the molecule is CC(C)(CO)Oc1ccc2c(Oc3ccc(N)cc3F)ccnc2c1. The van der Waals surface area contributed by atoms with Crippen LogP contribution in [0.5, 0.6) is 17.2 Å². The molecule has 0 saturated heterocycles. The number of halogens is 1. The van der Waals surface area contributed by atoms with Crippen molar-refractivity contribution >= 4 is 16.6 Å². The van der Waals surface area contributed by atoms with Crippen LogP contribution in [0.1, 0.15) is 13.8 Å². The molecule has 1 heterocycles. The van der Waals surface area contributed by atoms with Gasteiger partial charge in [-0.25, -0.2) is 4.39 Å². The van der Waals surface area contributed by atoms with Crippen LogP contribution in [-0.4, -0.2) is 22.3 Å². The first-order valence-corrected chi connectivity index (χ1v) is 7.79. The summed E-state index contributed by atoms with van der Waals surface area (Å²) >= 11 is 0. The van der Waals surface area contributed by atoms with E-state index in [1.807, 2.05) is 0 Å². The fraction of sp³-hybridized carbons (Fsp3) is 0.211. The summed E-state index contributed by atoms with van der Waals surface area (Å²) in [6.07, 6.45) is 1.58. The van der Waals surface area contributed by atoms with Gasteiger partial charge in [-0.05, 0) is 44.2 Å². The number of rotatable bonds is 5. The van der Waals surface area contributed by atoms with Crippen LogP contribution in [0, 0.1) is 5.82 Å². The molecule has 5 nitrogen and oxygen atoms in total. The van der Waals surface area contributed by atoms with E-state index < -0.39 is 11.4 Å². The minimum Gasteiger partial charge on any atom is -0.485 e. The molecule has 0 radical (unpaired) electrons. The van der Waals surface area contributed by atoms with Gasteiger partial charge in [0.05, 0.1) is 12.1 Å². The van der Waals surface area contributed by atoms with Crippen molar-refractivity contribution in [3.05, 3.63) is 54.5 Å². The monoisotopic (exact) mass is 342 g/mol. The molecular weight excluding hydrogens is 323 g/mol. The van der Waals surface area contributed by atoms with Crippen LogP contribution >= 0.6 is 0 Å². The third kappa shape index (κ3) is 3.80. The lowest BCUT2D eigenvalue weighted by Gasteiger charge is -2.24. The molecule has 2 aromatic carbocycles. The second kappa shape index (κ2) is 6.57. The van der Waals surface area contributed by atoms with Crippen LogP contribution in [0.15, 0.2) is 48.7 Å². The van der Waals surface area contributed by atoms with E-state index in [9.17, 15) is 9.50 Å². The number of hydrogen-bond donors (Lipinski definition) is 2. The molecule has 3 N–H and O–H groups in total. The van der Waals surface area contributed by atoms with Crippen LogP contribution in [0.3, 0.4) is 0 Å². The van der Waals surface area contributed by atoms with E-state index in [2.05, 4.69) is 4.98 Å². The molecule has 6 heteroatoms. The van der Waals surface area contributed by atoms with E-state index in [1.54, 1.807) is 50.4 Å². The Morgan fingerprint density at radius 1 is 1.12 bits per heavy atom. The van der Waals surface area contributed by atoms with Gasteiger partial charge < -0.3 is 20.3 Å². The van der Waals surface area contributed by atoms with Gasteiger partial charge in [0.2, 0.25) is 0 Å². The molecule has 0 atom stereocenters. The molecule has 0 amide bonds. The van der Waals surface area contributed by atoms with Gasteiger partial charge in [0, 0.05) is 29.4 Å². The summed E-state index contributed by atoms with van der Waals surface area (Å²) in [7, 11) is 0. The Kier molecular flexibility index (Phi) is 4.46. The summed E-state index contributed by atoms with van der Waals surface area (Å²) in [6, 6.07) is 11.2. The maximum absolute atomic E-state index is 14.0. The number of benzene rings is 2. The molecular formula is C19H19FN2O3. The molecule has 1 aromatic heterocycles. The molecule has 0 aliphatic carbocycles. The van der Waals surface area contributed by atoms with E-state index >= 15 is 0 Å². The highest BCUT2D eigenvalue weighted by atomic mass is 19.1. The first kappa shape index (κ1) is 17.0. The molecule has 0 aliphatic rings. The zero-order valence-corrected chi connectivity index (χ0v) is 14.0. The van der Waals surface area contributed by atoms with E-state index in [0.717, 1.165) is 0 Å². The highest BCUT2D eigenvalue weighted by Gasteiger charge is 2.18. The van der Waals surface area contributed by atoms with E-state index in [0.29, 0.717) is 28.1 Å². The molecule has 0 aliphatic heterocycles. The van der Waals surface area contributed by atoms with E-state index in [-0.39, 0.29) is 12.4 Å². The molecule has 0 spiro atoms. The minimum atomic E-state index is -0.700. The predicted octanol–water partition coefficient (Wildman–Crippen LogP) is 3.90. The Morgan fingerprint density at radius 3 is 2.64 bits per heavy atom. The second-order valence-electron chi connectivity index (χ2n) is 6.30. The average molecular weight is 342 g/mol. The lowest BCUT2D eigenvalue weighted by Crippen LogP contribution is -2.32. The molecule has 130 valence electrons. The van der Waals surface area contributed by atoms with Crippen molar-refractivity contribution in [2.75, 3.05) is 12.3 Å². The van der Waals surface area contributed by atoms with Crippen LogP contribution in [0.4, 0.5) is 10.1 Å². The Hall–Kier alpha value is -2.86. The number of anilines is 1. The van der Waals surface area contributed by atoms with Crippen molar-refractivity contribution in [1.29, 1.82) is 0 Å². The molecule has 0 fully saturated rings. The number of aromatic nitrogens is 1. The highest BCUT2D eigenvalue weighted by molar-refractivity contribution is 5.86. The molecule has 3 aromatic rings. The first-order valence-electron chi connectivity index (χ1n) is 7.79. The smallest absolute Gasteiger partial charge is 0.167 e. The van der Waals surface area contributed by atoms with Gasteiger partial charge in [-0.1, -0.05) is 0 Å². The topological polar surface area (TPSA) is 77.6 Å². The van der Waals surface area contributed by atoms with Crippen LogP contribution in [-0.2, 0) is 0 Å². The molecule has 25 heavy (non-hydrogen) atoms. The van der Waals surface area contributed by atoms with Gasteiger partial charge in [-0.3, -0.25) is 4.98 Å². The van der Waals surface area contributed by atoms with Crippen LogP contribution in [0.25, 0.3) is 10.9 Å². The summed E-state index contributed by atoms with van der Waals surface area (Å²) in [4.78, 5) is 4.30. The molecule has 3 rings (SSSR count). The predicted molar refractivity (Wildman–Crippen MR) is 94.4 cm³/mol. The van der Waals surface area contributed by atoms with Gasteiger partial charge >= 0.3 is 0 Å². The zero-order valence-electron chi connectivity index (χ0n) is 14.0. The number of ether oxygens (including phenoxy) is 2. The second-order valence-corrected chi connectivity index (χ2v) is 6.30. The number of nitrogens with zero attached hydrogens (tertiary/aromatic N) is 1. The van der Waals surface area contributed by atoms with Crippen molar-refractivity contribution in [1.82, 2.24) is 4.98 Å². The minimum absolute atomic E-state index is 0.0865. The Bertz CT molecular complexity index is 912. The third-order valence-corrected chi connectivity index (χ3v) is 3.62. The summed E-state index contributed by atoms with van der Waals surface area (Å²) < 4.78 is 25.4. The molecule has 0 bridgehead atoms. The number of nitrogens with two attached hydrogens (primary N) is 1. The largest absolute Gasteiger partial charge is 0.485 e. The Labute approximate surface area is 144 Å². The lowest BCUT2D eigenvalue weighted by atomic mass is 10.1. The van der Waals surface area contributed by atoms with Gasteiger partial charge in [0.1, 0.15) is 17.1 Å². The summed E-state index contributed by atoms with van der Waals surface area (Å²) in [6.45, 7) is 3.46. The fourth-order valence-electron chi connectivity index (χ4n) is 2.32. The summed E-state index contributed by atoms with van der Waals surface area (Å²) in [5.74, 6) is 0.606. The lowest BCUT2D eigenvalue weighted by molar-refractivity contribution is 0.0414. The Morgan fingerprint density at radius 2 is 1.92 bits per heavy atom. The number of aliphatic hydroxyl groups excluding tert-OH is 1. The standard InChI is InChI=1S/C19H19FN2O3/c1-19(2,11-23)25-13-4-5-14-16(10-13)22-8-7-17(14)24-18-6-3-12(21)9-15(18)20/h3-10,23H,11,21H2,1-2H3. The number of pyridine rings is 1. The van der Waals surface area contributed by atoms with Crippen molar-refractivity contribution in [2.24, 2.45) is 0 Å². The van der Waals surface area contributed by atoms with Gasteiger partial charge in [0.25, 0.3) is 0 Å². The Balaban J connectivity index is 1.94. The number of fused-ring (bicyclic) bond motifs is 1. The summed E-state index contributed by atoms with van der Waals surface area (Å²) in [5, 5.41) is 10.0. The average Bonchev–Trinajstić information content (AvgIpc) is 2.57. The zero-order chi connectivity index (χ0) is 18.0. The van der Waals surface area contributed by atoms with Crippen LogP contribution < -0.4 is 15.2 Å². The van der Waals surface area contributed by atoms with Crippen molar-refractivity contribution in [3.8, 4) is 17.2 Å². The van der Waals surface area contributed by atoms with Crippen LogP contribution in [0.2, 0.25) is 0 Å². The maximum Gasteiger partial charge on any atom is 0.167 e. The van der Waals surface area contributed by atoms with Crippen molar-refractivity contribution in [2.45, 2.75) is 19.4 Å². The van der Waals surface area contributed by atoms with Gasteiger partial charge in [0.15, 0.2) is 11.6 Å². The van der Waals surface area contributed by atoms with Crippen molar-refractivity contribution in [3.63, 3.8) is 0 Å². The number of nitrogen functional groups attached to an aromatic ring is 1. The summed E-state index contributed by atoms with van der Waals surface area (Å²) in [5.41, 5.74) is 5.82. The normalized spacial score (nSPS) is 11.5. The maximum atomic E-state index is 14.0. The van der Waals surface area contributed by atoms with Gasteiger partial charge in [-0.2, -0.15) is 0 Å². The van der Waals surface area contributed by atoms with E-state index in [1.165, 1.54) is 12.1 Å². The fourth-order valence-corrected chi connectivity index (χ4v) is 2.32. The highest BCUT2D eigenvalue weighted by Crippen LogP contribution is 2.33. The third-order valence-electron chi connectivity index (χ3n) is 3.62. The quantitative estimate of drug-likeness (QED) is 0.688. The number of aliphatic hydroxyl groups is 1. The molecule has 0 unspecified atom stereocenters. The van der Waals surface area contributed by atoms with Crippen molar-refractivity contribution < 1.29 is 19.0 Å². The van der Waals surface area contributed by atoms with E-state index in [4.69, 9.17) is 15.2 Å². The van der Waals surface area contributed by atoms with Gasteiger partial charge in [-0.15, -0.1) is 0 Å². The molecule has 0 saturated carbocycles. The first-order chi connectivity index (χ1) is 11.9. The number of hydrogen-bond acceptors (Lipinski definition) is 5.